The van der Waals surface area contributed by atoms with Gasteiger partial charge in [0.05, 0.1) is 0 Å². The van der Waals surface area contributed by atoms with Crippen molar-refractivity contribution in [3.8, 4) is 0 Å². The number of hydrogen-bond donors (Lipinski definition) is 0. The Morgan fingerprint density at radius 2 is 1.95 bits per heavy atom. The van der Waals surface area contributed by atoms with Crippen molar-refractivity contribution in [1.82, 2.24) is 0 Å². The second kappa shape index (κ2) is 5.16. The highest BCUT2D eigenvalue weighted by Gasteiger charge is 2.34. The van der Waals surface area contributed by atoms with Crippen molar-refractivity contribution in [3.05, 3.63) is 40.3 Å². The molecule has 0 heterocycles. The van der Waals surface area contributed by atoms with E-state index in [1.807, 2.05) is 18.7 Å². The number of carbonyl (C=O) groups excluding carboxylic acids is 1. The zero-order chi connectivity index (χ0) is 13.4. The fraction of sp³-hybridized carbons (Fsp3) is 0.471. The summed E-state index contributed by atoms with van der Waals surface area (Å²) in [4.78, 5) is 14.9. The van der Waals surface area contributed by atoms with Gasteiger partial charge in [-0.2, -0.15) is 0 Å². The van der Waals surface area contributed by atoms with Crippen LogP contribution in [-0.4, -0.2) is 5.78 Å². The van der Waals surface area contributed by atoms with Crippen LogP contribution in [0.1, 0.15) is 38.2 Å². The molecule has 0 saturated heterocycles. The van der Waals surface area contributed by atoms with Gasteiger partial charge < -0.3 is 0 Å². The molecule has 3 rings (SSSR count). The van der Waals surface area contributed by atoms with Gasteiger partial charge in [-0.3, -0.25) is 4.79 Å². The zero-order valence-corrected chi connectivity index (χ0v) is 12.4. The molecule has 1 nitrogen and oxygen atoms in total. The first-order valence-corrected chi connectivity index (χ1v) is 7.94. The Kier molecular flexibility index (Phi) is 3.53. The Morgan fingerprint density at radius 3 is 2.74 bits per heavy atom. The topological polar surface area (TPSA) is 17.1 Å². The molecule has 1 aromatic rings. The van der Waals surface area contributed by atoms with Gasteiger partial charge in [0.25, 0.3) is 0 Å². The summed E-state index contributed by atoms with van der Waals surface area (Å²) < 4.78 is 0. The van der Waals surface area contributed by atoms with Crippen molar-refractivity contribution in [3.63, 3.8) is 0 Å². The maximum atomic E-state index is 12.2. The smallest absolute Gasteiger partial charge is 0.159 e. The SMILES string of the molecule is CC1=C(Sc2ccccc2C)C2CCC(CC1=O)C2. The van der Waals surface area contributed by atoms with E-state index in [-0.39, 0.29) is 0 Å². The highest BCUT2D eigenvalue weighted by molar-refractivity contribution is 8.03. The second-order valence-corrected chi connectivity index (χ2v) is 6.94. The molecule has 2 unspecified atom stereocenters. The van der Waals surface area contributed by atoms with Gasteiger partial charge in [-0.1, -0.05) is 30.0 Å². The summed E-state index contributed by atoms with van der Waals surface area (Å²) in [6.45, 7) is 4.18. The van der Waals surface area contributed by atoms with E-state index < -0.39 is 0 Å². The van der Waals surface area contributed by atoms with E-state index in [2.05, 4.69) is 31.2 Å². The summed E-state index contributed by atoms with van der Waals surface area (Å²) in [5.74, 6) is 1.65. The number of fused-ring (bicyclic) bond motifs is 2. The highest BCUT2D eigenvalue weighted by atomic mass is 32.2. The molecule has 0 aromatic heterocycles. The Labute approximate surface area is 119 Å². The van der Waals surface area contributed by atoms with Crippen LogP contribution in [-0.2, 0) is 4.79 Å². The van der Waals surface area contributed by atoms with Crippen LogP contribution in [0.4, 0.5) is 0 Å². The first-order chi connectivity index (χ1) is 9.15. The van der Waals surface area contributed by atoms with Gasteiger partial charge in [-0.05, 0) is 61.5 Å². The minimum absolute atomic E-state index is 0.378. The average Bonchev–Trinajstić information content (AvgIpc) is 2.81. The third-order valence-corrected chi connectivity index (χ3v) is 6.02. The molecule has 0 spiro atoms. The fourth-order valence-electron chi connectivity index (χ4n) is 3.31. The minimum Gasteiger partial charge on any atom is -0.295 e. The van der Waals surface area contributed by atoms with Crippen LogP contribution in [0.25, 0.3) is 0 Å². The van der Waals surface area contributed by atoms with Gasteiger partial charge in [0.2, 0.25) is 0 Å². The van der Waals surface area contributed by atoms with Crippen LogP contribution in [0.5, 0.6) is 0 Å². The molecule has 0 radical (unpaired) electrons. The Balaban J connectivity index is 1.95. The molecule has 19 heavy (non-hydrogen) atoms. The normalized spacial score (nSPS) is 26.7. The van der Waals surface area contributed by atoms with E-state index in [9.17, 15) is 4.79 Å². The number of allylic oxidation sites excluding steroid dienone is 2. The number of ketones is 1. The predicted octanol–water partition coefficient (Wildman–Crippen LogP) is 4.75. The number of hydrogen-bond acceptors (Lipinski definition) is 2. The van der Waals surface area contributed by atoms with Crippen LogP contribution in [0.3, 0.4) is 0 Å². The molecule has 0 aliphatic heterocycles. The van der Waals surface area contributed by atoms with Gasteiger partial charge in [0.15, 0.2) is 5.78 Å². The maximum Gasteiger partial charge on any atom is 0.159 e. The van der Waals surface area contributed by atoms with E-state index in [1.165, 1.54) is 34.6 Å². The molecule has 2 aliphatic carbocycles. The molecule has 1 saturated carbocycles. The van der Waals surface area contributed by atoms with Gasteiger partial charge in [-0.25, -0.2) is 0 Å². The third-order valence-electron chi connectivity index (χ3n) is 4.49. The lowest BCUT2D eigenvalue weighted by molar-refractivity contribution is -0.116. The fourth-order valence-corrected chi connectivity index (χ4v) is 4.57. The van der Waals surface area contributed by atoms with Crippen LogP contribution >= 0.6 is 11.8 Å². The lowest BCUT2D eigenvalue weighted by Gasteiger charge is -2.17. The molecule has 2 bridgehead atoms. The zero-order valence-electron chi connectivity index (χ0n) is 11.6. The lowest BCUT2D eigenvalue weighted by atomic mass is 9.99. The number of thioether (sulfide) groups is 1. The van der Waals surface area contributed by atoms with E-state index in [4.69, 9.17) is 0 Å². The minimum atomic E-state index is 0.378. The number of carbonyl (C=O) groups is 1. The Bertz CT molecular complexity index is 544. The van der Waals surface area contributed by atoms with Crippen molar-refractivity contribution in [2.75, 3.05) is 0 Å². The van der Waals surface area contributed by atoms with Gasteiger partial charge in [-0.15, -0.1) is 0 Å². The summed E-state index contributed by atoms with van der Waals surface area (Å²) in [7, 11) is 0. The molecule has 2 atom stereocenters. The van der Waals surface area contributed by atoms with E-state index in [0.717, 1.165) is 12.0 Å². The molecule has 100 valence electrons. The lowest BCUT2D eigenvalue weighted by Crippen LogP contribution is -2.07. The summed E-state index contributed by atoms with van der Waals surface area (Å²) >= 11 is 1.83. The summed E-state index contributed by atoms with van der Waals surface area (Å²) in [5, 5.41) is 0. The molecular weight excluding hydrogens is 252 g/mol. The first-order valence-electron chi connectivity index (χ1n) is 7.12. The van der Waals surface area contributed by atoms with Gasteiger partial charge in [0, 0.05) is 16.9 Å². The summed E-state index contributed by atoms with van der Waals surface area (Å²) in [6.07, 6.45) is 4.50. The van der Waals surface area contributed by atoms with Crippen LogP contribution in [0.2, 0.25) is 0 Å². The molecule has 0 amide bonds. The van der Waals surface area contributed by atoms with E-state index in [1.54, 1.807) is 0 Å². The highest BCUT2D eigenvalue weighted by Crippen LogP contribution is 2.48. The largest absolute Gasteiger partial charge is 0.295 e. The molecule has 2 heteroatoms. The van der Waals surface area contributed by atoms with Gasteiger partial charge in [0.1, 0.15) is 0 Å². The molecule has 1 aromatic carbocycles. The average molecular weight is 272 g/mol. The monoisotopic (exact) mass is 272 g/mol. The van der Waals surface area contributed by atoms with E-state index in [0.29, 0.717) is 17.6 Å². The molecule has 1 fully saturated rings. The standard InChI is InChI=1S/C17H20OS/c1-11-5-3-4-6-16(11)19-17-12(2)15(18)10-13-7-8-14(17)9-13/h3-6,13-14H,7-10H2,1-2H3. The number of aryl methyl sites for hydroxylation is 1. The maximum absolute atomic E-state index is 12.2. The van der Waals surface area contributed by atoms with Crippen molar-refractivity contribution < 1.29 is 4.79 Å². The third kappa shape index (κ3) is 2.51. The number of Topliss-reactive ketones (excluding diaryl/α,β-unsaturated/α-hetero) is 1. The van der Waals surface area contributed by atoms with Crippen molar-refractivity contribution in [2.45, 2.75) is 44.4 Å². The summed E-state index contributed by atoms with van der Waals surface area (Å²) in [6, 6.07) is 8.47. The van der Waals surface area contributed by atoms with E-state index >= 15 is 0 Å². The predicted molar refractivity (Wildman–Crippen MR) is 80.2 cm³/mol. The molecule has 0 N–H and O–H groups in total. The van der Waals surface area contributed by atoms with Crippen LogP contribution in [0, 0.1) is 18.8 Å². The Morgan fingerprint density at radius 1 is 1.16 bits per heavy atom. The molecular formula is C17H20OS. The van der Waals surface area contributed by atoms with Crippen molar-refractivity contribution in [2.24, 2.45) is 11.8 Å². The van der Waals surface area contributed by atoms with Crippen LogP contribution < -0.4 is 0 Å². The van der Waals surface area contributed by atoms with Crippen LogP contribution in [0.15, 0.2) is 39.6 Å². The first kappa shape index (κ1) is 13.0. The van der Waals surface area contributed by atoms with Crippen molar-refractivity contribution in [1.29, 1.82) is 0 Å². The van der Waals surface area contributed by atoms with Gasteiger partial charge >= 0.3 is 0 Å². The van der Waals surface area contributed by atoms with Crippen molar-refractivity contribution >= 4 is 17.5 Å². The quantitative estimate of drug-likeness (QED) is 0.772. The second-order valence-electron chi connectivity index (χ2n) is 5.86. The molecule has 2 aliphatic rings. The summed E-state index contributed by atoms with van der Waals surface area (Å²) in [5.41, 5.74) is 2.33. The number of rotatable bonds is 2. The number of benzene rings is 1. The Hall–Kier alpha value is -1.02.